The Bertz CT molecular complexity index is 818. The highest BCUT2D eigenvalue weighted by Crippen LogP contribution is 2.42. The number of amides is 1. The lowest BCUT2D eigenvalue weighted by atomic mass is 10.2. The molecule has 0 bridgehead atoms. The van der Waals surface area contributed by atoms with E-state index in [-0.39, 0.29) is 34.5 Å². The molecule has 1 amide bonds. The number of hydrogen-bond donors (Lipinski definition) is 0. The van der Waals surface area contributed by atoms with Gasteiger partial charge >= 0.3 is 6.09 Å². The minimum atomic E-state index is -1.94. The summed E-state index contributed by atoms with van der Waals surface area (Å²) in [5.41, 5.74) is 0.986. The number of carbonyl (C=O) groups is 1. The van der Waals surface area contributed by atoms with Crippen LogP contribution >= 0.6 is 0 Å². The standard InChI is InChI=1S/C22H34N3O3Si/c1-22(2,3)29(5,6)28-19-14-20(24-13-12-23-17-24)25(4,15-19)21(26)27-16-18-10-8-7-9-11-18/h7-13,17,19-20H,14-16H2,1-6H3/q+1/t19-,20+,25?/m1/s1. The third-order valence-electron chi connectivity index (χ3n) is 6.47. The molecule has 1 saturated heterocycles. The first kappa shape index (κ1) is 21.7. The summed E-state index contributed by atoms with van der Waals surface area (Å²) in [6.45, 7) is 12.1. The Morgan fingerprint density at radius 1 is 1.28 bits per heavy atom. The first-order valence-corrected chi connectivity index (χ1v) is 13.2. The van der Waals surface area contributed by atoms with Gasteiger partial charge in [0, 0.05) is 12.4 Å². The SMILES string of the molecule is CC(C)(C)[Si](C)(C)O[C@@H]1C[C@@H](n2ccnc2)[N+](C)(C(=O)OCc2ccccc2)C1. The second-order valence-corrected chi connectivity index (χ2v) is 14.5. The zero-order valence-electron chi connectivity index (χ0n) is 18.5. The summed E-state index contributed by atoms with van der Waals surface area (Å²) in [6.07, 6.45) is 5.91. The van der Waals surface area contributed by atoms with Crippen LogP contribution in [0.1, 0.15) is 38.9 Å². The number of hydrogen-bond acceptors (Lipinski definition) is 4. The van der Waals surface area contributed by atoms with Crippen LogP contribution in [0.5, 0.6) is 0 Å². The predicted octanol–water partition coefficient (Wildman–Crippen LogP) is 4.96. The Kier molecular flexibility index (Phi) is 6.03. The number of imidazole rings is 1. The van der Waals surface area contributed by atoms with Crippen molar-refractivity contribution in [3.63, 3.8) is 0 Å². The number of nitrogens with zero attached hydrogens (tertiary/aromatic N) is 3. The highest BCUT2D eigenvalue weighted by atomic mass is 28.4. The second-order valence-electron chi connectivity index (χ2n) is 9.72. The van der Waals surface area contributed by atoms with Crippen LogP contribution in [0.3, 0.4) is 0 Å². The van der Waals surface area contributed by atoms with Crippen molar-refractivity contribution < 1.29 is 18.4 Å². The van der Waals surface area contributed by atoms with E-state index in [1.165, 1.54) is 0 Å². The fraction of sp³-hybridized carbons (Fsp3) is 0.545. The van der Waals surface area contributed by atoms with E-state index in [2.05, 4.69) is 38.8 Å². The first-order chi connectivity index (χ1) is 13.5. The minimum absolute atomic E-state index is 0.0116. The minimum Gasteiger partial charge on any atom is -0.415 e. The molecule has 3 rings (SSSR count). The predicted molar refractivity (Wildman–Crippen MR) is 116 cm³/mol. The summed E-state index contributed by atoms with van der Waals surface area (Å²) in [5, 5.41) is 0.122. The molecule has 1 aromatic heterocycles. The van der Waals surface area contributed by atoms with E-state index in [1.54, 1.807) is 12.5 Å². The zero-order valence-corrected chi connectivity index (χ0v) is 19.5. The molecule has 2 aromatic rings. The van der Waals surface area contributed by atoms with Crippen molar-refractivity contribution in [2.75, 3.05) is 13.6 Å². The van der Waals surface area contributed by atoms with Gasteiger partial charge in [0.15, 0.2) is 14.5 Å². The molecule has 1 aliphatic heterocycles. The van der Waals surface area contributed by atoms with Crippen LogP contribution in [0.4, 0.5) is 4.79 Å². The van der Waals surface area contributed by atoms with Crippen molar-refractivity contribution in [2.45, 2.75) is 64.2 Å². The number of ether oxygens (including phenoxy) is 1. The maximum atomic E-state index is 13.2. The molecule has 2 heterocycles. The number of rotatable bonds is 5. The summed E-state index contributed by atoms with van der Waals surface area (Å²) in [4.78, 5) is 17.4. The second kappa shape index (κ2) is 8.05. The van der Waals surface area contributed by atoms with Crippen molar-refractivity contribution >= 4 is 14.4 Å². The van der Waals surface area contributed by atoms with Crippen molar-refractivity contribution in [2.24, 2.45) is 0 Å². The van der Waals surface area contributed by atoms with Gasteiger partial charge in [0.05, 0.1) is 19.8 Å². The molecule has 1 aliphatic rings. The lowest BCUT2D eigenvalue weighted by Crippen LogP contribution is -2.52. The van der Waals surface area contributed by atoms with E-state index in [9.17, 15) is 4.79 Å². The Morgan fingerprint density at radius 2 is 1.97 bits per heavy atom. The smallest absolute Gasteiger partial charge is 0.415 e. The van der Waals surface area contributed by atoms with Gasteiger partial charge in [-0.2, -0.15) is 4.79 Å². The van der Waals surface area contributed by atoms with Crippen LogP contribution in [0.25, 0.3) is 0 Å². The van der Waals surface area contributed by atoms with Crippen LogP contribution in [0.2, 0.25) is 18.1 Å². The topological polar surface area (TPSA) is 53.4 Å². The van der Waals surface area contributed by atoms with Crippen molar-refractivity contribution in [3.8, 4) is 0 Å². The largest absolute Gasteiger partial charge is 0.517 e. The Morgan fingerprint density at radius 3 is 2.55 bits per heavy atom. The van der Waals surface area contributed by atoms with Crippen LogP contribution in [-0.4, -0.2) is 48.1 Å². The summed E-state index contributed by atoms with van der Waals surface area (Å²) in [7, 11) is 0.0116. The summed E-state index contributed by atoms with van der Waals surface area (Å²) in [6, 6.07) is 9.79. The summed E-state index contributed by atoms with van der Waals surface area (Å²) >= 11 is 0. The Balaban J connectivity index is 1.79. The van der Waals surface area contributed by atoms with E-state index in [4.69, 9.17) is 9.16 Å². The summed E-state index contributed by atoms with van der Waals surface area (Å²) < 4.78 is 14.6. The van der Waals surface area contributed by atoms with Crippen molar-refractivity contribution in [1.29, 1.82) is 0 Å². The lowest BCUT2D eigenvalue weighted by Gasteiger charge is -2.38. The molecule has 6 nitrogen and oxygen atoms in total. The van der Waals surface area contributed by atoms with Gasteiger partial charge in [0.25, 0.3) is 0 Å². The average molecular weight is 417 g/mol. The van der Waals surface area contributed by atoms with Crippen molar-refractivity contribution in [3.05, 3.63) is 54.6 Å². The van der Waals surface area contributed by atoms with E-state index in [1.807, 2.05) is 48.1 Å². The molecule has 0 saturated carbocycles. The van der Waals surface area contributed by atoms with Gasteiger partial charge in [-0.1, -0.05) is 51.1 Å². The quantitative estimate of drug-likeness (QED) is 0.511. The third-order valence-corrected chi connectivity index (χ3v) is 11.0. The molecule has 3 atom stereocenters. The maximum absolute atomic E-state index is 13.2. The Labute approximate surface area is 175 Å². The van der Waals surface area contributed by atoms with Gasteiger partial charge in [-0.3, -0.25) is 4.57 Å². The molecule has 158 valence electrons. The average Bonchev–Trinajstić information content (AvgIpc) is 3.27. The van der Waals surface area contributed by atoms with E-state index >= 15 is 0 Å². The molecule has 0 aliphatic carbocycles. The summed E-state index contributed by atoms with van der Waals surface area (Å²) in [5.74, 6) is 0. The Hall–Kier alpha value is -1.96. The van der Waals surface area contributed by atoms with Crippen LogP contribution in [-0.2, 0) is 15.8 Å². The molecule has 0 N–H and O–H groups in total. The third kappa shape index (κ3) is 4.62. The number of benzene rings is 1. The van der Waals surface area contributed by atoms with Crippen molar-refractivity contribution in [1.82, 2.24) is 9.55 Å². The maximum Gasteiger partial charge on any atom is 0.517 e. The number of aromatic nitrogens is 2. The van der Waals surface area contributed by atoms with Gasteiger partial charge in [0.2, 0.25) is 0 Å². The molecule has 1 fully saturated rings. The normalized spacial score (nSPS) is 25.2. The van der Waals surface area contributed by atoms with E-state index < -0.39 is 8.32 Å². The molecule has 0 spiro atoms. The lowest BCUT2D eigenvalue weighted by molar-refractivity contribution is -0.867. The fourth-order valence-corrected chi connectivity index (χ4v) is 5.05. The molecule has 7 heteroatoms. The number of likely N-dealkylation sites (tertiary alicyclic amines) is 1. The number of quaternary nitrogens is 1. The molecular formula is C22H34N3O3Si+. The molecule has 1 unspecified atom stereocenters. The number of likely N-dealkylation sites (N-methyl/N-ethyl adjacent to an activating group) is 1. The molecule has 0 radical (unpaired) electrons. The highest BCUT2D eigenvalue weighted by molar-refractivity contribution is 6.74. The van der Waals surface area contributed by atoms with E-state index in [0.29, 0.717) is 6.54 Å². The van der Waals surface area contributed by atoms with E-state index in [0.717, 1.165) is 12.0 Å². The zero-order chi connectivity index (χ0) is 21.3. The van der Waals surface area contributed by atoms with Gasteiger partial charge in [0.1, 0.15) is 19.3 Å². The molecule has 29 heavy (non-hydrogen) atoms. The van der Waals surface area contributed by atoms with Crippen LogP contribution in [0.15, 0.2) is 49.1 Å². The van der Waals surface area contributed by atoms with Gasteiger partial charge < -0.3 is 9.16 Å². The molecule has 1 aromatic carbocycles. The van der Waals surface area contributed by atoms with Gasteiger partial charge in [-0.15, -0.1) is 0 Å². The monoisotopic (exact) mass is 416 g/mol. The number of carbonyl (C=O) groups excluding carboxylic acids is 1. The van der Waals surface area contributed by atoms with Gasteiger partial charge in [-0.05, 0) is 23.7 Å². The first-order valence-electron chi connectivity index (χ1n) is 10.2. The van der Waals surface area contributed by atoms with Crippen LogP contribution < -0.4 is 0 Å². The molecular weight excluding hydrogens is 382 g/mol. The fourth-order valence-electron chi connectivity index (χ4n) is 3.69. The van der Waals surface area contributed by atoms with Gasteiger partial charge in [-0.25, -0.2) is 9.47 Å². The van der Waals surface area contributed by atoms with Crippen LogP contribution in [0, 0.1) is 0 Å². The highest BCUT2D eigenvalue weighted by Gasteiger charge is 2.54.